The minimum atomic E-state index is -0.314. The average Bonchev–Trinajstić information content (AvgIpc) is 2.90. The first-order valence-electron chi connectivity index (χ1n) is 6.64. The Morgan fingerprint density at radius 3 is 2.76 bits per heavy atom. The van der Waals surface area contributed by atoms with Gasteiger partial charge in [0.15, 0.2) is 0 Å². The zero-order valence-corrected chi connectivity index (χ0v) is 11.3. The highest BCUT2D eigenvalue weighted by molar-refractivity contribution is 5.80. The van der Waals surface area contributed by atoms with Gasteiger partial charge in [-0.1, -0.05) is 30.3 Å². The van der Waals surface area contributed by atoms with E-state index in [1.165, 1.54) is 6.07 Å². The van der Waals surface area contributed by atoms with Crippen molar-refractivity contribution in [1.29, 1.82) is 0 Å². The first-order chi connectivity index (χ1) is 10.2. The summed E-state index contributed by atoms with van der Waals surface area (Å²) in [6.45, 7) is 0.340. The zero-order chi connectivity index (χ0) is 14.7. The van der Waals surface area contributed by atoms with Crippen LogP contribution < -0.4 is 5.32 Å². The topological polar surface area (TPSA) is 46.9 Å². The Balaban J connectivity index is 1.66. The van der Waals surface area contributed by atoms with Gasteiger partial charge in [-0.3, -0.25) is 4.79 Å². The Kier molecular flexibility index (Phi) is 3.64. The molecule has 21 heavy (non-hydrogen) atoms. The lowest BCUT2D eigenvalue weighted by atomic mass is 10.2. The molecule has 0 saturated heterocycles. The van der Waals surface area contributed by atoms with Gasteiger partial charge in [0.1, 0.15) is 12.4 Å². The molecule has 1 heterocycles. The number of rotatable bonds is 4. The van der Waals surface area contributed by atoms with Crippen molar-refractivity contribution < 1.29 is 9.18 Å². The third-order valence-electron chi connectivity index (χ3n) is 3.28. The number of carbonyl (C=O) groups is 1. The summed E-state index contributed by atoms with van der Waals surface area (Å²) in [5, 5.41) is 2.72. The predicted molar refractivity (Wildman–Crippen MR) is 78.0 cm³/mol. The van der Waals surface area contributed by atoms with Gasteiger partial charge in [0.25, 0.3) is 0 Å². The summed E-state index contributed by atoms with van der Waals surface area (Å²) in [6.07, 6.45) is 1.63. The minimum Gasteiger partial charge on any atom is -0.350 e. The quantitative estimate of drug-likeness (QED) is 0.799. The number of amides is 1. The van der Waals surface area contributed by atoms with Crippen LogP contribution in [-0.2, 0) is 17.9 Å². The van der Waals surface area contributed by atoms with E-state index in [9.17, 15) is 9.18 Å². The smallest absolute Gasteiger partial charge is 0.240 e. The number of nitrogens with zero attached hydrogens (tertiary/aromatic N) is 2. The van der Waals surface area contributed by atoms with E-state index in [-0.39, 0.29) is 24.8 Å². The molecule has 0 saturated carbocycles. The molecule has 0 aliphatic rings. The number of nitrogens with one attached hydrogen (secondary N) is 1. The largest absolute Gasteiger partial charge is 0.350 e. The van der Waals surface area contributed by atoms with E-state index in [0.29, 0.717) is 5.56 Å². The van der Waals surface area contributed by atoms with Crippen LogP contribution in [0.25, 0.3) is 11.0 Å². The standard InChI is InChI=1S/C16H14FN3O/c17-13-6-2-1-5-12(13)9-18-16(21)10-20-11-19-14-7-3-4-8-15(14)20/h1-8,11H,9-10H2,(H,18,21). The lowest BCUT2D eigenvalue weighted by molar-refractivity contribution is -0.121. The molecule has 0 aliphatic carbocycles. The molecule has 1 amide bonds. The fraction of sp³-hybridized carbons (Fsp3) is 0.125. The monoisotopic (exact) mass is 283 g/mol. The third kappa shape index (κ3) is 2.91. The summed E-state index contributed by atoms with van der Waals surface area (Å²) in [4.78, 5) is 16.2. The van der Waals surface area contributed by atoms with Crippen molar-refractivity contribution in [3.63, 3.8) is 0 Å². The van der Waals surface area contributed by atoms with Crippen LogP contribution in [0.1, 0.15) is 5.56 Å². The van der Waals surface area contributed by atoms with Gasteiger partial charge in [-0.25, -0.2) is 9.37 Å². The molecule has 0 fully saturated rings. The van der Waals surface area contributed by atoms with Crippen LogP contribution in [0.3, 0.4) is 0 Å². The highest BCUT2D eigenvalue weighted by Crippen LogP contribution is 2.11. The molecule has 4 nitrogen and oxygen atoms in total. The van der Waals surface area contributed by atoms with Gasteiger partial charge in [-0.2, -0.15) is 0 Å². The number of imidazole rings is 1. The number of hydrogen-bond donors (Lipinski definition) is 1. The maximum Gasteiger partial charge on any atom is 0.240 e. The molecular weight excluding hydrogens is 269 g/mol. The summed E-state index contributed by atoms with van der Waals surface area (Å²) >= 11 is 0. The van der Waals surface area contributed by atoms with E-state index in [1.54, 1.807) is 29.1 Å². The molecule has 0 bridgehead atoms. The van der Waals surface area contributed by atoms with E-state index in [0.717, 1.165) is 11.0 Å². The molecule has 0 unspecified atom stereocenters. The van der Waals surface area contributed by atoms with Crippen LogP contribution in [0.5, 0.6) is 0 Å². The van der Waals surface area contributed by atoms with E-state index < -0.39 is 0 Å². The van der Waals surface area contributed by atoms with E-state index >= 15 is 0 Å². The number of carbonyl (C=O) groups excluding carboxylic acids is 1. The maximum absolute atomic E-state index is 13.5. The number of benzene rings is 2. The second-order valence-corrected chi connectivity index (χ2v) is 4.73. The second kappa shape index (κ2) is 5.75. The summed E-state index contributed by atoms with van der Waals surface area (Å²) in [5.74, 6) is -0.493. The number of para-hydroxylation sites is 2. The Morgan fingerprint density at radius 2 is 1.90 bits per heavy atom. The molecule has 106 valence electrons. The summed E-state index contributed by atoms with van der Waals surface area (Å²) in [6, 6.07) is 14.0. The van der Waals surface area contributed by atoms with Crippen molar-refractivity contribution in [2.45, 2.75) is 13.1 Å². The Labute approximate surface area is 121 Å². The van der Waals surface area contributed by atoms with Crippen LogP contribution in [0.15, 0.2) is 54.9 Å². The predicted octanol–water partition coefficient (Wildman–Crippen LogP) is 2.49. The van der Waals surface area contributed by atoms with Gasteiger partial charge in [0.05, 0.1) is 17.4 Å². The van der Waals surface area contributed by atoms with E-state index in [2.05, 4.69) is 10.3 Å². The van der Waals surface area contributed by atoms with Crippen LogP contribution >= 0.6 is 0 Å². The highest BCUT2D eigenvalue weighted by atomic mass is 19.1. The fourth-order valence-corrected chi connectivity index (χ4v) is 2.18. The Bertz CT molecular complexity index is 782. The lowest BCUT2D eigenvalue weighted by Crippen LogP contribution is -2.27. The Hall–Kier alpha value is -2.69. The minimum absolute atomic E-state index is 0.162. The van der Waals surface area contributed by atoms with Crippen LogP contribution in [0.4, 0.5) is 4.39 Å². The molecule has 3 rings (SSSR count). The van der Waals surface area contributed by atoms with Gasteiger partial charge in [0, 0.05) is 12.1 Å². The van der Waals surface area contributed by atoms with Crippen LogP contribution in [-0.4, -0.2) is 15.5 Å². The number of hydrogen-bond acceptors (Lipinski definition) is 2. The molecule has 3 aromatic rings. The molecule has 1 aromatic heterocycles. The van der Waals surface area contributed by atoms with E-state index in [1.807, 2.05) is 24.3 Å². The molecule has 2 aromatic carbocycles. The zero-order valence-electron chi connectivity index (χ0n) is 11.3. The van der Waals surface area contributed by atoms with E-state index in [4.69, 9.17) is 0 Å². The molecule has 1 N–H and O–H groups in total. The number of fused-ring (bicyclic) bond motifs is 1. The van der Waals surface area contributed by atoms with Crippen molar-refractivity contribution >= 4 is 16.9 Å². The van der Waals surface area contributed by atoms with Crippen LogP contribution in [0, 0.1) is 5.82 Å². The van der Waals surface area contributed by atoms with Gasteiger partial charge in [-0.05, 0) is 18.2 Å². The summed E-state index contributed by atoms with van der Waals surface area (Å²) < 4.78 is 15.2. The third-order valence-corrected chi connectivity index (χ3v) is 3.28. The van der Waals surface area contributed by atoms with Gasteiger partial charge in [0.2, 0.25) is 5.91 Å². The van der Waals surface area contributed by atoms with Gasteiger partial charge in [-0.15, -0.1) is 0 Å². The summed E-state index contributed by atoms with van der Waals surface area (Å²) in [5.41, 5.74) is 2.22. The molecule has 5 heteroatoms. The van der Waals surface area contributed by atoms with Crippen molar-refractivity contribution in [3.05, 3.63) is 66.2 Å². The van der Waals surface area contributed by atoms with Crippen molar-refractivity contribution in [1.82, 2.24) is 14.9 Å². The normalized spacial score (nSPS) is 10.7. The fourth-order valence-electron chi connectivity index (χ4n) is 2.18. The highest BCUT2D eigenvalue weighted by Gasteiger charge is 2.07. The first-order valence-corrected chi connectivity index (χ1v) is 6.64. The Morgan fingerprint density at radius 1 is 1.14 bits per heavy atom. The second-order valence-electron chi connectivity index (χ2n) is 4.73. The van der Waals surface area contributed by atoms with Crippen LogP contribution in [0.2, 0.25) is 0 Å². The van der Waals surface area contributed by atoms with Crippen molar-refractivity contribution in [2.75, 3.05) is 0 Å². The average molecular weight is 283 g/mol. The lowest BCUT2D eigenvalue weighted by Gasteiger charge is -2.07. The van der Waals surface area contributed by atoms with Gasteiger partial charge >= 0.3 is 0 Å². The molecule has 0 atom stereocenters. The van der Waals surface area contributed by atoms with Crippen molar-refractivity contribution in [2.24, 2.45) is 0 Å². The molecular formula is C16H14FN3O. The van der Waals surface area contributed by atoms with Crippen molar-refractivity contribution in [3.8, 4) is 0 Å². The molecule has 0 aliphatic heterocycles. The molecule has 0 spiro atoms. The van der Waals surface area contributed by atoms with Gasteiger partial charge < -0.3 is 9.88 Å². The SMILES string of the molecule is O=C(Cn1cnc2ccccc21)NCc1ccccc1F. The number of halogens is 1. The maximum atomic E-state index is 13.5. The first kappa shape index (κ1) is 13.3. The number of aromatic nitrogens is 2. The summed E-state index contributed by atoms with van der Waals surface area (Å²) in [7, 11) is 0. The molecule has 0 radical (unpaired) electrons.